The minimum Gasteiger partial charge on any atom is -0.492 e. The van der Waals surface area contributed by atoms with Crippen LogP contribution < -0.4 is 20.4 Å². The molecule has 0 radical (unpaired) electrons. The largest absolute Gasteiger partial charge is 0.492 e. The summed E-state index contributed by atoms with van der Waals surface area (Å²) in [5, 5.41) is 15.0. The number of fused-ring (bicyclic) bond motifs is 3. The smallest absolute Gasteiger partial charge is 0.333 e. The number of rotatable bonds is 4. The van der Waals surface area contributed by atoms with Crippen molar-refractivity contribution in [2.45, 2.75) is 44.2 Å². The van der Waals surface area contributed by atoms with Gasteiger partial charge in [0.15, 0.2) is 11.6 Å². The Morgan fingerprint density at radius 1 is 1.30 bits per heavy atom. The lowest BCUT2D eigenvalue weighted by atomic mass is 9.91. The molecule has 0 amide bonds. The third-order valence-electron chi connectivity index (χ3n) is 6.60. The molecule has 1 aromatic heterocycles. The average Bonchev–Trinajstić information content (AvgIpc) is 3.56. The van der Waals surface area contributed by atoms with Gasteiger partial charge in [0, 0.05) is 25.2 Å². The molecular weight excluding hydrogens is 391 g/mol. The third-order valence-corrected chi connectivity index (χ3v) is 6.60. The first-order chi connectivity index (χ1) is 14.5. The van der Waals surface area contributed by atoms with Crippen molar-refractivity contribution < 1.29 is 14.1 Å². The summed E-state index contributed by atoms with van der Waals surface area (Å²) in [4.78, 5) is 25.5. The highest BCUT2D eigenvalue weighted by Crippen LogP contribution is 2.45. The number of nitrogens with zero attached hydrogens (tertiary/aromatic N) is 3. The number of hydrogen-bond donors (Lipinski definition) is 1. The second-order valence-electron chi connectivity index (χ2n) is 8.68. The molecule has 3 heterocycles. The molecule has 3 aliphatic rings. The molecule has 1 N–H and O–H groups in total. The number of aromatic nitrogens is 1. The summed E-state index contributed by atoms with van der Waals surface area (Å²) in [5.41, 5.74) is -0.499. The number of pyridine rings is 1. The molecule has 2 aliphatic heterocycles. The van der Waals surface area contributed by atoms with Gasteiger partial charge in [0.05, 0.1) is 29.1 Å². The van der Waals surface area contributed by atoms with E-state index in [9.17, 15) is 14.9 Å². The van der Waals surface area contributed by atoms with Crippen LogP contribution in [0.25, 0.3) is 10.9 Å². The van der Waals surface area contributed by atoms with Crippen LogP contribution in [0.3, 0.4) is 0 Å². The highest BCUT2D eigenvalue weighted by Gasteiger charge is 2.35. The number of nitro groups is 1. The van der Waals surface area contributed by atoms with Crippen LogP contribution in [0, 0.1) is 21.8 Å². The normalized spacial score (nSPS) is 24.0. The van der Waals surface area contributed by atoms with Crippen molar-refractivity contribution in [3.8, 4) is 5.75 Å². The van der Waals surface area contributed by atoms with E-state index >= 15 is 4.39 Å². The average molecular weight is 416 g/mol. The maximum atomic E-state index is 15.4. The van der Waals surface area contributed by atoms with E-state index in [1.807, 2.05) is 4.90 Å². The van der Waals surface area contributed by atoms with Gasteiger partial charge in [-0.3, -0.25) is 14.9 Å². The SMILES string of the molecule is COc1c(N2CC3CCCNC(C3)C2)c(F)cc2c(=O)c([N+](=O)[O-])cn(C3CC3)c12. The van der Waals surface area contributed by atoms with Crippen molar-refractivity contribution in [1.29, 1.82) is 0 Å². The molecule has 1 saturated carbocycles. The lowest BCUT2D eigenvalue weighted by molar-refractivity contribution is -0.386. The van der Waals surface area contributed by atoms with Gasteiger partial charge in [-0.05, 0) is 50.6 Å². The summed E-state index contributed by atoms with van der Waals surface area (Å²) in [5.74, 6) is 0.196. The van der Waals surface area contributed by atoms with Gasteiger partial charge in [0.1, 0.15) is 5.69 Å². The van der Waals surface area contributed by atoms with E-state index < -0.39 is 21.9 Å². The summed E-state index contributed by atoms with van der Waals surface area (Å²) < 4.78 is 22.9. The second-order valence-corrected chi connectivity index (χ2v) is 8.68. The molecule has 30 heavy (non-hydrogen) atoms. The van der Waals surface area contributed by atoms with Crippen LogP contribution in [0.15, 0.2) is 17.1 Å². The molecule has 0 spiro atoms. The molecule has 2 saturated heterocycles. The van der Waals surface area contributed by atoms with Crippen LogP contribution in [0.1, 0.15) is 38.1 Å². The first-order valence-electron chi connectivity index (χ1n) is 10.6. The van der Waals surface area contributed by atoms with Crippen molar-refractivity contribution in [1.82, 2.24) is 9.88 Å². The molecule has 2 unspecified atom stereocenters. The van der Waals surface area contributed by atoms with E-state index in [4.69, 9.17) is 4.74 Å². The second kappa shape index (κ2) is 7.23. The van der Waals surface area contributed by atoms with Crippen LogP contribution >= 0.6 is 0 Å². The third kappa shape index (κ3) is 3.12. The number of ether oxygens (including phenoxy) is 1. The zero-order chi connectivity index (χ0) is 21.0. The predicted molar refractivity (Wildman–Crippen MR) is 111 cm³/mol. The van der Waals surface area contributed by atoms with Crippen molar-refractivity contribution in [2.24, 2.45) is 5.92 Å². The molecule has 1 aromatic carbocycles. The monoisotopic (exact) mass is 416 g/mol. The van der Waals surface area contributed by atoms with Gasteiger partial charge >= 0.3 is 5.69 Å². The fraction of sp³-hybridized carbons (Fsp3) is 0.571. The van der Waals surface area contributed by atoms with E-state index in [2.05, 4.69) is 5.32 Å². The van der Waals surface area contributed by atoms with E-state index in [0.717, 1.165) is 51.3 Å². The van der Waals surface area contributed by atoms with E-state index in [0.29, 0.717) is 29.4 Å². The fourth-order valence-electron chi connectivity index (χ4n) is 5.13. The molecule has 8 nitrogen and oxygen atoms in total. The zero-order valence-corrected chi connectivity index (χ0v) is 16.9. The standard InChI is InChI=1S/C21H25FN4O4/c1-30-21-18-15(20(27)17(26(28)29)11-25(18)14-4-5-14)8-16(22)19(21)24-9-12-3-2-6-23-13(7-12)10-24/h8,11-14,23H,2-7,9-10H2,1H3. The molecular formula is C21H25FN4O4. The molecule has 9 heteroatoms. The Morgan fingerprint density at radius 2 is 2.10 bits per heavy atom. The van der Waals surface area contributed by atoms with Crippen LogP contribution in [0.5, 0.6) is 5.75 Å². The van der Waals surface area contributed by atoms with Crippen molar-refractivity contribution in [3.63, 3.8) is 0 Å². The topological polar surface area (TPSA) is 89.6 Å². The van der Waals surface area contributed by atoms with Gasteiger partial charge in [-0.1, -0.05) is 0 Å². The number of piperidine rings is 1. The number of halogens is 1. The van der Waals surface area contributed by atoms with Gasteiger partial charge in [0.25, 0.3) is 5.43 Å². The summed E-state index contributed by atoms with van der Waals surface area (Å²) in [6, 6.07) is 1.51. The molecule has 2 aromatic rings. The maximum Gasteiger partial charge on any atom is 0.333 e. The molecule has 5 rings (SSSR count). The van der Waals surface area contributed by atoms with Gasteiger partial charge in [-0.2, -0.15) is 0 Å². The Kier molecular flexibility index (Phi) is 4.65. The first-order valence-corrected chi connectivity index (χ1v) is 10.6. The predicted octanol–water partition coefficient (Wildman–Crippen LogP) is 2.97. The van der Waals surface area contributed by atoms with Crippen molar-refractivity contribution in [3.05, 3.63) is 38.4 Å². The molecule has 160 valence electrons. The number of methoxy groups -OCH3 is 1. The summed E-state index contributed by atoms with van der Waals surface area (Å²) in [7, 11) is 1.47. The Hall–Kier alpha value is -2.68. The zero-order valence-electron chi connectivity index (χ0n) is 16.9. The lowest BCUT2D eigenvalue weighted by Crippen LogP contribution is -2.48. The maximum absolute atomic E-state index is 15.4. The van der Waals surface area contributed by atoms with E-state index in [-0.39, 0.29) is 17.5 Å². The molecule has 2 bridgehead atoms. The van der Waals surface area contributed by atoms with Crippen LogP contribution in [-0.2, 0) is 0 Å². The Bertz CT molecular complexity index is 1070. The first kappa shape index (κ1) is 19.3. The van der Waals surface area contributed by atoms with Crippen LogP contribution in [-0.4, -0.2) is 42.3 Å². The minimum absolute atomic E-state index is 0.00162. The quantitative estimate of drug-likeness (QED) is 0.609. The lowest BCUT2D eigenvalue weighted by Gasteiger charge is -2.38. The highest BCUT2D eigenvalue weighted by atomic mass is 19.1. The minimum atomic E-state index is -0.773. The molecule has 3 fully saturated rings. The number of benzene rings is 1. The Morgan fingerprint density at radius 3 is 2.80 bits per heavy atom. The molecule has 2 atom stereocenters. The van der Waals surface area contributed by atoms with Gasteiger partial charge in [-0.25, -0.2) is 4.39 Å². The van der Waals surface area contributed by atoms with Crippen LogP contribution in [0.2, 0.25) is 0 Å². The van der Waals surface area contributed by atoms with Crippen molar-refractivity contribution >= 4 is 22.3 Å². The number of hydrogen-bond acceptors (Lipinski definition) is 6. The molecule has 1 aliphatic carbocycles. The Balaban J connectivity index is 1.73. The van der Waals surface area contributed by atoms with E-state index in [1.165, 1.54) is 13.3 Å². The summed E-state index contributed by atoms with van der Waals surface area (Å²) in [6.07, 6.45) is 6.30. The van der Waals surface area contributed by atoms with E-state index in [1.54, 1.807) is 4.57 Å². The van der Waals surface area contributed by atoms with Crippen molar-refractivity contribution in [2.75, 3.05) is 31.6 Å². The highest BCUT2D eigenvalue weighted by molar-refractivity contribution is 5.92. The van der Waals surface area contributed by atoms with Gasteiger partial charge < -0.3 is 19.5 Å². The summed E-state index contributed by atoms with van der Waals surface area (Å²) in [6.45, 7) is 2.37. The number of nitrogens with one attached hydrogen (secondary N) is 1. The fourth-order valence-corrected chi connectivity index (χ4v) is 5.13. The van der Waals surface area contributed by atoms with Gasteiger partial charge in [-0.15, -0.1) is 0 Å². The number of anilines is 1. The van der Waals surface area contributed by atoms with Gasteiger partial charge in [0.2, 0.25) is 0 Å². The Labute approximate surface area is 172 Å². The van der Waals surface area contributed by atoms with Crippen LogP contribution in [0.4, 0.5) is 15.8 Å². The summed E-state index contributed by atoms with van der Waals surface area (Å²) >= 11 is 0.